The van der Waals surface area contributed by atoms with Crippen LogP contribution in [-0.2, 0) is 4.79 Å². The number of piperazine rings is 1. The largest absolute Gasteiger partial charge is 0.360 e. The van der Waals surface area contributed by atoms with Crippen LogP contribution in [0.25, 0.3) is 0 Å². The summed E-state index contributed by atoms with van der Waals surface area (Å²) in [6.45, 7) is 8.16. The van der Waals surface area contributed by atoms with Crippen molar-refractivity contribution in [1.82, 2.24) is 4.90 Å². The molecule has 2 heterocycles. The van der Waals surface area contributed by atoms with Crippen LogP contribution in [0.2, 0.25) is 0 Å². The van der Waals surface area contributed by atoms with E-state index >= 15 is 0 Å². The van der Waals surface area contributed by atoms with E-state index in [4.69, 9.17) is 0 Å². The molecule has 1 aliphatic carbocycles. The molecule has 2 saturated heterocycles. The summed E-state index contributed by atoms with van der Waals surface area (Å²) in [5, 5.41) is 0. The lowest BCUT2D eigenvalue weighted by Gasteiger charge is -2.41. The molecule has 2 aliphatic heterocycles. The van der Waals surface area contributed by atoms with Gasteiger partial charge in [0.25, 0.3) is 5.91 Å². The minimum atomic E-state index is 0.108. The fraction of sp³-hybridized carbons (Fsp3) is 0.652. The van der Waals surface area contributed by atoms with Gasteiger partial charge in [-0.15, -0.1) is 0 Å². The van der Waals surface area contributed by atoms with Gasteiger partial charge in [-0.2, -0.15) is 0 Å². The maximum absolute atomic E-state index is 12.9. The zero-order valence-electron chi connectivity index (χ0n) is 17.2. The molecule has 0 radical (unpaired) electrons. The third-order valence-electron chi connectivity index (χ3n) is 7.15. The third-order valence-corrected chi connectivity index (χ3v) is 7.15. The number of Topliss-reactive ketones (excluding diaryl/α,β-unsaturated/α-hetero) is 1. The molecule has 0 spiro atoms. The van der Waals surface area contributed by atoms with Crippen molar-refractivity contribution in [2.24, 2.45) is 11.8 Å². The second kappa shape index (κ2) is 8.64. The summed E-state index contributed by atoms with van der Waals surface area (Å²) >= 11 is 0. The van der Waals surface area contributed by atoms with Crippen molar-refractivity contribution in [1.29, 1.82) is 0 Å². The maximum atomic E-state index is 12.9. The molecule has 1 aromatic carbocycles. The number of rotatable bonds is 4. The zero-order chi connectivity index (χ0) is 19.5. The lowest BCUT2D eigenvalue weighted by atomic mass is 9.75. The molecule has 1 aromatic rings. The Bertz CT molecular complexity index is 694. The number of fused-ring (bicyclic) bond motifs is 1. The second-order valence-electron chi connectivity index (χ2n) is 8.95. The van der Waals surface area contributed by atoms with E-state index in [-0.39, 0.29) is 5.78 Å². The summed E-state index contributed by atoms with van der Waals surface area (Å²) in [5.41, 5.74) is 1.94. The van der Waals surface area contributed by atoms with Crippen LogP contribution in [0, 0.1) is 11.8 Å². The van der Waals surface area contributed by atoms with E-state index in [1.165, 1.54) is 42.7 Å². The Morgan fingerprint density at radius 2 is 1.64 bits per heavy atom. The van der Waals surface area contributed by atoms with Gasteiger partial charge in [0, 0.05) is 24.3 Å². The van der Waals surface area contributed by atoms with Crippen LogP contribution in [0.4, 0.5) is 5.69 Å². The van der Waals surface area contributed by atoms with E-state index in [0.29, 0.717) is 12.5 Å². The van der Waals surface area contributed by atoms with Crippen LogP contribution in [0.15, 0.2) is 24.3 Å². The molecule has 2 atom stereocenters. The average molecular weight is 385 g/mol. The number of nitrogens with one attached hydrogen (secondary N) is 1. The van der Waals surface area contributed by atoms with Gasteiger partial charge in [0.1, 0.15) is 0 Å². The molecule has 28 heavy (non-hydrogen) atoms. The predicted molar refractivity (Wildman–Crippen MR) is 111 cm³/mol. The summed E-state index contributed by atoms with van der Waals surface area (Å²) < 4.78 is 0. The summed E-state index contributed by atoms with van der Waals surface area (Å²) in [6, 6.07) is 7.91. The normalized spacial score (nSPS) is 26.0. The number of anilines is 1. The maximum Gasteiger partial charge on any atom is 0.277 e. The Morgan fingerprint density at radius 1 is 0.964 bits per heavy atom. The Kier molecular flexibility index (Phi) is 6.00. The standard InChI is InChI=1S/C23H33N3O2/c1-18(27)19-6-8-22(9-7-19)25-14-12-24(13-15-25)17-23(28)26-11-10-20-4-2-3-5-21(20)16-26/h6-9,20-21H,2-5,10-17H2,1H3/p+1/t20-,21-/m1/s1. The molecular weight excluding hydrogens is 350 g/mol. The highest BCUT2D eigenvalue weighted by molar-refractivity contribution is 5.94. The van der Waals surface area contributed by atoms with Crippen molar-refractivity contribution in [3.8, 4) is 0 Å². The van der Waals surface area contributed by atoms with Crippen molar-refractivity contribution in [3.05, 3.63) is 29.8 Å². The van der Waals surface area contributed by atoms with Gasteiger partial charge in [0.05, 0.1) is 26.2 Å². The van der Waals surface area contributed by atoms with Crippen LogP contribution in [0.3, 0.4) is 0 Å². The van der Waals surface area contributed by atoms with Gasteiger partial charge in [0.15, 0.2) is 12.3 Å². The molecule has 0 aromatic heterocycles. The van der Waals surface area contributed by atoms with Crippen LogP contribution in [0.1, 0.15) is 49.4 Å². The topological polar surface area (TPSA) is 45.1 Å². The Morgan fingerprint density at radius 3 is 2.32 bits per heavy atom. The van der Waals surface area contributed by atoms with Gasteiger partial charge in [-0.3, -0.25) is 9.59 Å². The number of benzene rings is 1. The molecule has 3 aliphatic rings. The Labute approximate surface area is 168 Å². The van der Waals surface area contributed by atoms with Gasteiger partial charge in [-0.05, 0) is 55.9 Å². The average Bonchev–Trinajstić information content (AvgIpc) is 2.74. The lowest BCUT2D eigenvalue weighted by Crippen LogP contribution is -3.16. The number of carbonyl (C=O) groups excluding carboxylic acids is 2. The molecule has 0 bridgehead atoms. The van der Waals surface area contributed by atoms with E-state index in [1.807, 2.05) is 24.3 Å². The highest BCUT2D eigenvalue weighted by Gasteiger charge is 2.34. The fourth-order valence-corrected chi connectivity index (χ4v) is 5.32. The minimum Gasteiger partial charge on any atom is -0.360 e. The number of nitrogens with zero attached hydrogens (tertiary/aromatic N) is 2. The predicted octanol–water partition coefficient (Wildman–Crippen LogP) is 1.63. The van der Waals surface area contributed by atoms with E-state index in [0.717, 1.165) is 56.7 Å². The van der Waals surface area contributed by atoms with Crippen LogP contribution >= 0.6 is 0 Å². The molecule has 0 unspecified atom stereocenters. The van der Waals surface area contributed by atoms with Crippen molar-refractivity contribution >= 4 is 17.4 Å². The number of amides is 1. The van der Waals surface area contributed by atoms with Gasteiger partial charge in [-0.25, -0.2) is 0 Å². The van der Waals surface area contributed by atoms with E-state index < -0.39 is 0 Å². The number of carbonyl (C=O) groups is 2. The molecule has 152 valence electrons. The highest BCUT2D eigenvalue weighted by atomic mass is 16.2. The number of quaternary nitrogens is 1. The summed E-state index contributed by atoms with van der Waals surface area (Å²) in [4.78, 5) is 30.2. The lowest BCUT2D eigenvalue weighted by molar-refractivity contribution is -0.892. The molecule has 1 amide bonds. The monoisotopic (exact) mass is 384 g/mol. The van der Waals surface area contributed by atoms with Crippen molar-refractivity contribution in [3.63, 3.8) is 0 Å². The number of ketones is 1. The van der Waals surface area contributed by atoms with E-state index in [2.05, 4.69) is 9.80 Å². The summed E-state index contributed by atoms with van der Waals surface area (Å²) in [7, 11) is 0. The zero-order valence-corrected chi connectivity index (χ0v) is 17.2. The Balaban J connectivity index is 1.25. The van der Waals surface area contributed by atoms with Crippen LogP contribution < -0.4 is 9.80 Å². The van der Waals surface area contributed by atoms with Gasteiger partial charge < -0.3 is 14.7 Å². The van der Waals surface area contributed by atoms with Gasteiger partial charge >= 0.3 is 0 Å². The van der Waals surface area contributed by atoms with Crippen LogP contribution in [-0.4, -0.2) is 62.4 Å². The molecule has 5 nitrogen and oxygen atoms in total. The highest BCUT2D eigenvalue weighted by Crippen LogP contribution is 2.35. The number of hydrogen-bond donors (Lipinski definition) is 1. The summed E-state index contributed by atoms with van der Waals surface area (Å²) in [5.74, 6) is 2.11. The number of piperidine rings is 1. The van der Waals surface area contributed by atoms with Crippen molar-refractivity contribution in [2.45, 2.75) is 39.0 Å². The first kappa shape index (κ1) is 19.4. The second-order valence-corrected chi connectivity index (χ2v) is 8.95. The van der Waals surface area contributed by atoms with Crippen LogP contribution in [0.5, 0.6) is 0 Å². The number of likely N-dealkylation sites (tertiary alicyclic amines) is 1. The quantitative estimate of drug-likeness (QED) is 0.803. The molecular formula is C23H34N3O2+. The molecule has 1 N–H and O–H groups in total. The SMILES string of the molecule is CC(=O)c1ccc(N2CC[NH+](CC(=O)N3CC[C@H]4CCCC[C@@H]4C3)CC2)cc1. The first-order valence-corrected chi connectivity index (χ1v) is 11.1. The van der Waals surface area contributed by atoms with E-state index in [1.54, 1.807) is 6.92 Å². The van der Waals surface area contributed by atoms with Gasteiger partial charge in [-0.1, -0.05) is 19.3 Å². The van der Waals surface area contributed by atoms with Crippen molar-refractivity contribution < 1.29 is 14.5 Å². The van der Waals surface area contributed by atoms with Crippen molar-refractivity contribution in [2.75, 3.05) is 50.7 Å². The van der Waals surface area contributed by atoms with Gasteiger partial charge in [0.2, 0.25) is 0 Å². The smallest absolute Gasteiger partial charge is 0.277 e. The number of hydrogen-bond acceptors (Lipinski definition) is 3. The minimum absolute atomic E-state index is 0.108. The first-order valence-electron chi connectivity index (χ1n) is 11.1. The summed E-state index contributed by atoms with van der Waals surface area (Å²) in [6.07, 6.45) is 6.66. The molecule has 1 saturated carbocycles. The third kappa shape index (κ3) is 4.40. The van der Waals surface area contributed by atoms with E-state index in [9.17, 15) is 9.59 Å². The fourth-order valence-electron chi connectivity index (χ4n) is 5.32. The molecule has 4 rings (SSSR count). The Hall–Kier alpha value is -1.88. The molecule has 3 fully saturated rings. The molecule has 5 heteroatoms. The first-order chi connectivity index (χ1) is 13.6.